The highest BCUT2D eigenvalue weighted by atomic mass is 35.5. The number of unbranched alkanes of at least 4 members (excludes halogenated alkanes) is 2. The number of benzene rings is 3. The van der Waals surface area contributed by atoms with Crippen molar-refractivity contribution in [1.29, 1.82) is 0 Å². The Balaban J connectivity index is 1.62. The van der Waals surface area contributed by atoms with Crippen LogP contribution in [-0.2, 0) is 9.59 Å². The van der Waals surface area contributed by atoms with Crippen LogP contribution in [0, 0.1) is 0 Å². The maximum Gasteiger partial charge on any atom is 0.301 e. The molecule has 1 aromatic heterocycles. The molecule has 0 radical (unpaired) electrons. The van der Waals surface area contributed by atoms with Crippen LogP contribution in [-0.4, -0.2) is 35.0 Å². The molecular weight excluding hydrogens is 548 g/mol. The van der Waals surface area contributed by atoms with Crippen molar-refractivity contribution in [2.75, 3.05) is 18.1 Å². The minimum atomic E-state index is -0.915. The molecule has 0 spiro atoms. The van der Waals surface area contributed by atoms with E-state index in [2.05, 4.69) is 11.9 Å². The third kappa shape index (κ3) is 5.55. The number of aliphatic hydroxyl groups excluding tert-OH is 1. The zero-order valence-corrected chi connectivity index (χ0v) is 23.8. The van der Waals surface area contributed by atoms with Crippen LogP contribution in [0.4, 0.5) is 5.13 Å². The zero-order valence-electron chi connectivity index (χ0n) is 22.2. The summed E-state index contributed by atoms with van der Waals surface area (Å²) in [6, 6.07) is 18.4. The van der Waals surface area contributed by atoms with Gasteiger partial charge >= 0.3 is 5.91 Å². The van der Waals surface area contributed by atoms with E-state index in [9.17, 15) is 14.7 Å². The predicted octanol–water partition coefficient (Wildman–Crippen LogP) is 7.54. The van der Waals surface area contributed by atoms with E-state index < -0.39 is 17.7 Å². The maximum absolute atomic E-state index is 13.6. The average Bonchev–Trinajstić information content (AvgIpc) is 3.49. The monoisotopic (exact) mass is 576 g/mol. The number of ether oxygens (including phenoxy) is 2. The Labute approximate surface area is 241 Å². The molecule has 1 saturated heterocycles. The van der Waals surface area contributed by atoms with E-state index in [4.69, 9.17) is 21.1 Å². The van der Waals surface area contributed by atoms with Gasteiger partial charge in [-0.3, -0.25) is 14.5 Å². The Morgan fingerprint density at radius 3 is 2.55 bits per heavy atom. The number of thiazole rings is 1. The lowest BCUT2D eigenvalue weighted by Crippen LogP contribution is -2.29. The van der Waals surface area contributed by atoms with Crippen molar-refractivity contribution in [1.82, 2.24) is 4.98 Å². The highest BCUT2D eigenvalue weighted by Crippen LogP contribution is 2.45. The van der Waals surface area contributed by atoms with E-state index in [0.717, 1.165) is 24.0 Å². The molecular formula is C31H29ClN2O5S. The van der Waals surface area contributed by atoms with Gasteiger partial charge in [-0.05, 0) is 73.5 Å². The summed E-state index contributed by atoms with van der Waals surface area (Å²) in [6.45, 7) is 5.07. The number of halogens is 1. The topological polar surface area (TPSA) is 89.0 Å². The van der Waals surface area contributed by atoms with Crippen LogP contribution in [0.2, 0.25) is 5.02 Å². The van der Waals surface area contributed by atoms with Gasteiger partial charge in [0.2, 0.25) is 0 Å². The molecule has 1 fully saturated rings. The number of fused-ring (bicyclic) bond motifs is 1. The molecule has 1 aliphatic rings. The van der Waals surface area contributed by atoms with Crippen molar-refractivity contribution >= 4 is 55.7 Å². The zero-order chi connectivity index (χ0) is 28.2. The lowest BCUT2D eigenvalue weighted by molar-refractivity contribution is -0.132. The third-order valence-corrected chi connectivity index (χ3v) is 7.87. The number of aliphatic hydroxyl groups is 1. The van der Waals surface area contributed by atoms with Crippen molar-refractivity contribution in [3.05, 3.63) is 88.5 Å². The summed E-state index contributed by atoms with van der Waals surface area (Å²) in [5.41, 5.74) is 1.66. The first-order chi connectivity index (χ1) is 19.4. The fourth-order valence-electron chi connectivity index (χ4n) is 4.68. The quantitative estimate of drug-likeness (QED) is 0.0907. The Kier molecular flexibility index (Phi) is 8.38. The van der Waals surface area contributed by atoms with E-state index >= 15 is 0 Å². The molecule has 40 heavy (non-hydrogen) atoms. The summed E-state index contributed by atoms with van der Waals surface area (Å²) in [6.07, 6.45) is 3.06. The molecule has 1 amide bonds. The third-order valence-electron chi connectivity index (χ3n) is 6.62. The molecule has 1 unspecified atom stereocenters. The smallest absolute Gasteiger partial charge is 0.301 e. The van der Waals surface area contributed by atoms with Gasteiger partial charge in [-0.2, -0.15) is 0 Å². The van der Waals surface area contributed by atoms with Crippen molar-refractivity contribution in [2.24, 2.45) is 0 Å². The minimum absolute atomic E-state index is 0.0189. The molecule has 2 heterocycles. The van der Waals surface area contributed by atoms with Gasteiger partial charge in [0, 0.05) is 10.6 Å². The number of hydrogen-bond acceptors (Lipinski definition) is 7. The molecule has 7 nitrogen and oxygen atoms in total. The molecule has 0 aliphatic carbocycles. The Hall–Kier alpha value is -3.88. The van der Waals surface area contributed by atoms with Gasteiger partial charge in [0.05, 0.1) is 35.0 Å². The van der Waals surface area contributed by atoms with Gasteiger partial charge in [-0.25, -0.2) is 4.98 Å². The van der Waals surface area contributed by atoms with Crippen LogP contribution in [0.3, 0.4) is 0 Å². The standard InChI is InChI=1S/C31H29ClN2O5S/c1-3-5-6-16-39-23-9-7-8-20(17-23)27-26(28(35)19-10-13-22(14-11-19)38-4-2)29(36)30(37)34(27)31-33-24-15-12-21(32)18-25(24)40-31/h7-15,17-18,27,35H,3-6,16H2,1-2H3/b28-26+. The normalized spacial score (nSPS) is 16.6. The number of carbonyl (C=O) groups is 2. The molecule has 1 aliphatic heterocycles. The van der Waals surface area contributed by atoms with Crippen molar-refractivity contribution in [3.8, 4) is 11.5 Å². The second-order valence-electron chi connectivity index (χ2n) is 9.36. The molecule has 3 aromatic carbocycles. The first kappa shape index (κ1) is 27.7. The highest BCUT2D eigenvalue weighted by molar-refractivity contribution is 7.22. The van der Waals surface area contributed by atoms with Gasteiger partial charge in [0.25, 0.3) is 5.78 Å². The molecule has 5 rings (SSSR count). The number of Topliss-reactive ketones (excluding diaryl/α,β-unsaturated/α-hetero) is 1. The summed E-state index contributed by atoms with van der Waals surface area (Å²) in [7, 11) is 0. The number of nitrogens with zero attached hydrogens (tertiary/aromatic N) is 2. The van der Waals surface area contributed by atoms with E-state index in [1.807, 2.05) is 31.2 Å². The van der Waals surface area contributed by atoms with Crippen LogP contribution in [0.1, 0.15) is 50.3 Å². The van der Waals surface area contributed by atoms with Gasteiger partial charge in [-0.15, -0.1) is 0 Å². The second kappa shape index (κ2) is 12.1. The predicted molar refractivity (Wildman–Crippen MR) is 158 cm³/mol. The second-order valence-corrected chi connectivity index (χ2v) is 10.8. The van der Waals surface area contributed by atoms with E-state index in [-0.39, 0.29) is 11.3 Å². The SMILES string of the molecule is CCCCCOc1cccc(C2/C(=C(\O)c3ccc(OCC)cc3)C(=O)C(=O)N2c2nc3ccc(Cl)cc3s2)c1. The molecule has 4 aromatic rings. The largest absolute Gasteiger partial charge is 0.507 e. The fourth-order valence-corrected chi connectivity index (χ4v) is 5.95. The van der Waals surface area contributed by atoms with Crippen LogP contribution in [0.15, 0.2) is 72.3 Å². The van der Waals surface area contributed by atoms with Crippen LogP contribution in [0.5, 0.6) is 11.5 Å². The van der Waals surface area contributed by atoms with E-state index in [1.165, 1.54) is 16.2 Å². The van der Waals surface area contributed by atoms with E-state index in [1.54, 1.807) is 42.5 Å². The van der Waals surface area contributed by atoms with Gasteiger partial charge in [0.1, 0.15) is 17.3 Å². The number of carbonyl (C=O) groups excluding carboxylic acids is 2. The molecule has 1 N–H and O–H groups in total. The van der Waals surface area contributed by atoms with Crippen LogP contribution < -0.4 is 14.4 Å². The summed E-state index contributed by atoms with van der Waals surface area (Å²) in [5, 5.41) is 12.3. The number of ketones is 1. The molecule has 0 bridgehead atoms. The molecule has 9 heteroatoms. The molecule has 206 valence electrons. The maximum atomic E-state index is 13.6. The van der Waals surface area contributed by atoms with Crippen LogP contribution in [0.25, 0.3) is 16.0 Å². The molecule has 0 saturated carbocycles. The van der Waals surface area contributed by atoms with Crippen molar-refractivity contribution < 1.29 is 24.2 Å². The van der Waals surface area contributed by atoms with E-state index in [0.29, 0.717) is 51.5 Å². The Morgan fingerprint density at radius 1 is 1.00 bits per heavy atom. The minimum Gasteiger partial charge on any atom is -0.507 e. The van der Waals surface area contributed by atoms with Gasteiger partial charge < -0.3 is 14.6 Å². The van der Waals surface area contributed by atoms with Crippen molar-refractivity contribution in [3.63, 3.8) is 0 Å². The lowest BCUT2D eigenvalue weighted by atomic mass is 9.95. The fraction of sp³-hybridized carbons (Fsp3) is 0.258. The highest BCUT2D eigenvalue weighted by Gasteiger charge is 2.48. The molecule has 1 atom stereocenters. The summed E-state index contributed by atoms with van der Waals surface area (Å²) < 4.78 is 12.3. The first-order valence-corrected chi connectivity index (χ1v) is 14.4. The summed E-state index contributed by atoms with van der Waals surface area (Å²) >= 11 is 7.45. The van der Waals surface area contributed by atoms with Gasteiger partial charge in [-0.1, -0.05) is 54.8 Å². The number of anilines is 1. The number of rotatable bonds is 10. The Morgan fingerprint density at radius 2 is 1.80 bits per heavy atom. The van der Waals surface area contributed by atoms with Crippen LogP contribution >= 0.6 is 22.9 Å². The summed E-state index contributed by atoms with van der Waals surface area (Å²) in [5.74, 6) is -0.569. The first-order valence-electron chi connectivity index (χ1n) is 13.2. The Bertz CT molecular complexity index is 1580. The number of amides is 1. The number of hydrogen-bond donors (Lipinski definition) is 1. The average molecular weight is 577 g/mol. The van der Waals surface area contributed by atoms with Gasteiger partial charge in [0.15, 0.2) is 5.13 Å². The van der Waals surface area contributed by atoms with Crippen molar-refractivity contribution in [2.45, 2.75) is 39.2 Å². The lowest BCUT2D eigenvalue weighted by Gasteiger charge is -2.23. The summed E-state index contributed by atoms with van der Waals surface area (Å²) in [4.78, 5) is 33.1. The number of aromatic nitrogens is 1.